The Hall–Kier alpha value is -2.21. The summed E-state index contributed by atoms with van der Waals surface area (Å²) in [5.41, 5.74) is 8.16. The highest BCUT2D eigenvalue weighted by Gasteiger charge is 2.19. The molecule has 0 atom stereocenters. The van der Waals surface area contributed by atoms with Crippen LogP contribution in [0.4, 0.5) is 17.6 Å². The van der Waals surface area contributed by atoms with Crippen LogP contribution in [0, 0.1) is 0 Å². The number of benzene rings is 1. The summed E-state index contributed by atoms with van der Waals surface area (Å²) in [5, 5.41) is 3.30. The van der Waals surface area contributed by atoms with Crippen LogP contribution >= 0.6 is 0 Å². The van der Waals surface area contributed by atoms with Crippen molar-refractivity contribution in [3.8, 4) is 0 Å². The van der Waals surface area contributed by atoms with Gasteiger partial charge in [-0.15, -0.1) is 0 Å². The normalized spacial score (nSPS) is 15.5. The first kappa shape index (κ1) is 17.6. The van der Waals surface area contributed by atoms with Gasteiger partial charge in [0, 0.05) is 11.7 Å². The molecule has 0 saturated heterocycles. The smallest absolute Gasteiger partial charge is 0.232 e. The lowest BCUT2D eigenvalue weighted by Crippen LogP contribution is -2.33. The average Bonchev–Trinajstić information content (AvgIpc) is 2.62. The van der Waals surface area contributed by atoms with E-state index in [0.29, 0.717) is 18.5 Å². The summed E-state index contributed by atoms with van der Waals surface area (Å²) in [5.74, 6) is 1.50. The highest BCUT2D eigenvalue weighted by molar-refractivity contribution is 5.58. The Morgan fingerprint density at radius 3 is 2.64 bits per heavy atom. The number of nitrogens with two attached hydrogens (primary N) is 1. The van der Waals surface area contributed by atoms with Crippen LogP contribution in [0.5, 0.6) is 0 Å². The summed E-state index contributed by atoms with van der Waals surface area (Å²) in [4.78, 5) is 15.5. The molecule has 1 heterocycles. The van der Waals surface area contributed by atoms with Gasteiger partial charge in [-0.1, -0.05) is 44.4 Å². The number of nitrogens with zero attached hydrogens (tertiary/aromatic N) is 4. The highest BCUT2D eigenvalue weighted by atomic mass is 15.2. The molecule has 0 amide bonds. The molecule has 0 spiro atoms. The number of hydrogen-bond donors (Lipinski definition) is 2. The molecular formula is C19H28N6. The van der Waals surface area contributed by atoms with Crippen LogP contribution in [0.2, 0.25) is 0 Å². The fourth-order valence-electron chi connectivity index (χ4n) is 3.51. The van der Waals surface area contributed by atoms with E-state index in [9.17, 15) is 0 Å². The molecule has 2 aromatic rings. The molecule has 0 unspecified atom stereocenters. The average molecular weight is 340 g/mol. The molecule has 1 aliphatic carbocycles. The maximum atomic E-state index is 5.92. The van der Waals surface area contributed by atoms with E-state index in [1.807, 2.05) is 18.2 Å². The molecule has 0 radical (unpaired) electrons. The summed E-state index contributed by atoms with van der Waals surface area (Å²) in [6.45, 7) is 2.83. The summed E-state index contributed by atoms with van der Waals surface area (Å²) >= 11 is 0. The predicted octanol–water partition coefficient (Wildman–Crippen LogP) is 3.52. The van der Waals surface area contributed by atoms with Crippen molar-refractivity contribution in [2.24, 2.45) is 0 Å². The zero-order chi connectivity index (χ0) is 17.6. The van der Waals surface area contributed by atoms with Crippen molar-refractivity contribution in [1.29, 1.82) is 0 Å². The molecular weight excluding hydrogens is 312 g/mol. The number of rotatable bonds is 6. The summed E-state index contributed by atoms with van der Waals surface area (Å²) < 4.78 is 0. The lowest BCUT2D eigenvalue weighted by molar-refractivity contribution is 0.181. The fraction of sp³-hybridized carbons (Fsp3) is 0.526. The molecule has 6 heteroatoms. The SMILES string of the molecule is CCc1ccccc1Nc1nc(N)nc(CN(C)C2CCCCC2)n1. The van der Waals surface area contributed by atoms with E-state index in [0.717, 1.165) is 17.9 Å². The largest absolute Gasteiger partial charge is 0.368 e. The van der Waals surface area contributed by atoms with Gasteiger partial charge in [0.15, 0.2) is 0 Å². The Bertz CT molecular complexity index is 696. The minimum Gasteiger partial charge on any atom is -0.368 e. The topological polar surface area (TPSA) is 80.0 Å². The predicted molar refractivity (Wildman–Crippen MR) is 102 cm³/mol. The fourth-order valence-corrected chi connectivity index (χ4v) is 3.51. The van der Waals surface area contributed by atoms with Gasteiger partial charge in [-0.3, -0.25) is 4.90 Å². The van der Waals surface area contributed by atoms with Crippen LogP contribution in [0.1, 0.15) is 50.4 Å². The second-order valence-electron chi connectivity index (χ2n) is 6.78. The summed E-state index contributed by atoms with van der Waals surface area (Å²) in [7, 11) is 2.15. The van der Waals surface area contributed by atoms with Crippen LogP contribution in [-0.2, 0) is 13.0 Å². The maximum Gasteiger partial charge on any atom is 0.232 e. The maximum absolute atomic E-state index is 5.92. The Balaban J connectivity index is 1.73. The van der Waals surface area contributed by atoms with Crippen molar-refractivity contribution in [2.45, 2.75) is 58.0 Å². The van der Waals surface area contributed by atoms with Gasteiger partial charge in [0.1, 0.15) is 5.82 Å². The summed E-state index contributed by atoms with van der Waals surface area (Å²) in [6.07, 6.45) is 7.44. The van der Waals surface area contributed by atoms with Gasteiger partial charge in [-0.2, -0.15) is 15.0 Å². The number of aromatic nitrogens is 3. The van der Waals surface area contributed by atoms with Crippen molar-refractivity contribution < 1.29 is 0 Å². The second kappa shape index (κ2) is 8.25. The Morgan fingerprint density at radius 2 is 1.88 bits per heavy atom. The number of nitrogens with one attached hydrogen (secondary N) is 1. The second-order valence-corrected chi connectivity index (χ2v) is 6.78. The van der Waals surface area contributed by atoms with Crippen molar-refractivity contribution >= 4 is 17.6 Å². The third-order valence-electron chi connectivity index (χ3n) is 4.93. The molecule has 1 aliphatic rings. The number of anilines is 3. The number of aryl methyl sites for hydroxylation is 1. The van der Waals surface area contributed by atoms with Gasteiger partial charge in [-0.25, -0.2) is 0 Å². The lowest BCUT2D eigenvalue weighted by Gasteiger charge is -2.30. The summed E-state index contributed by atoms with van der Waals surface area (Å²) in [6, 6.07) is 8.79. The number of para-hydroxylation sites is 1. The van der Waals surface area contributed by atoms with Gasteiger partial charge in [0.2, 0.25) is 11.9 Å². The third-order valence-corrected chi connectivity index (χ3v) is 4.93. The van der Waals surface area contributed by atoms with E-state index < -0.39 is 0 Å². The molecule has 0 bridgehead atoms. The van der Waals surface area contributed by atoms with E-state index in [2.05, 4.69) is 45.2 Å². The van der Waals surface area contributed by atoms with Crippen LogP contribution in [0.25, 0.3) is 0 Å². The molecule has 1 aromatic heterocycles. The molecule has 0 aliphatic heterocycles. The van der Waals surface area contributed by atoms with Crippen molar-refractivity contribution in [2.75, 3.05) is 18.1 Å². The molecule has 3 N–H and O–H groups in total. The quantitative estimate of drug-likeness (QED) is 0.837. The van der Waals surface area contributed by atoms with E-state index in [1.54, 1.807) is 0 Å². The Morgan fingerprint density at radius 1 is 1.12 bits per heavy atom. The number of nitrogen functional groups attached to an aromatic ring is 1. The Kier molecular flexibility index (Phi) is 5.81. The van der Waals surface area contributed by atoms with Crippen LogP contribution in [-0.4, -0.2) is 32.9 Å². The minimum atomic E-state index is 0.263. The van der Waals surface area contributed by atoms with E-state index in [1.165, 1.54) is 37.7 Å². The molecule has 6 nitrogen and oxygen atoms in total. The van der Waals surface area contributed by atoms with Crippen LogP contribution in [0.3, 0.4) is 0 Å². The molecule has 1 aromatic carbocycles. The van der Waals surface area contributed by atoms with E-state index in [-0.39, 0.29) is 5.95 Å². The Labute approximate surface area is 149 Å². The van der Waals surface area contributed by atoms with Gasteiger partial charge in [0.25, 0.3) is 0 Å². The van der Waals surface area contributed by atoms with Crippen molar-refractivity contribution in [3.05, 3.63) is 35.7 Å². The molecule has 1 saturated carbocycles. The van der Waals surface area contributed by atoms with Gasteiger partial charge < -0.3 is 11.1 Å². The van der Waals surface area contributed by atoms with Crippen LogP contribution in [0.15, 0.2) is 24.3 Å². The van der Waals surface area contributed by atoms with Crippen molar-refractivity contribution in [3.63, 3.8) is 0 Å². The number of hydrogen-bond acceptors (Lipinski definition) is 6. The van der Waals surface area contributed by atoms with Gasteiger partial charge in [-0.05, 0) is 37.9 Å². The lowest BCUT2D eigenvalue weighted by atomic mass is 9.94. The van der Waals surface area contributed by atoms with Crippen LogP contribution < -0.4 is 11.1 Å². The van der Waals surface area contributed by atoms with Gasteiger partial charge in [0.05, 0.1) is 6.54 Å². The molecule has 3 rings (SSSR count). The zero-order valence-corrected chi connectivity index (χ0v) is 15.2. The van der Waals surface area contributed by atoms with Gasteiger partial charge >= 0.3 is 0 Å². The van der Waals surface area contributed by atoms with Crippen molar-refractivity contribution in [1.82, 2.24) is 19.9 Å². The van der Waals surface area contributed by atoms with E-state index in [4.69, 9.17) is 5.73 Å². The monoisotopic (exact) mass is 340 g/mol. The first-order valence-electron chi connectivity index (χ1n) is 9.21. The highest BCUT2D eigenvalue weighted by Crippen LogP contribution is 2.23. The molecule has 25 heavy (non-hydrogen) atoms. The standard InChI is InChI=1S/C19H28N6/c1-3-14-9-7-8-12-16(14)21-19-23-17(22-18(20)24-19)13-25(2)15-10-5-4-6-11-15/h7-9,12,15H,3-6,10-11,13H2,1-2H3,(H3,20,21,22,23,24). The first-order chi connectivity index (χ1) is 12.2. The molecule has 1 fully saturated rings. The first-order valence-corrected chi connectivity index (χ1v) is 9.21. The molecule has 134 valence electrons. The zero-order valence-electron chi connectivity index (χ0n) is 15.2. The minimum absolute atomic E-state index is 0.263. The van der Waals surface area contributed by atoms with E-state index >= 15 is 0 Å². The third kappa shape index (κ3) is 4.66.